The molecule has 0 bridgehead atoms. The number of guanidine groups is 1. The van der Waals surface area contributed by atoms with Gasteiger partial charge in [-0.2, -0.15) is 0 Å². The fourth-order valence-electron chi connectivity index (χ4n) is 3.42. The number of aliphatic imine (C=N–C) groups is 1. The van der Waals surface area contributed by atoms with Crippen LogP contribution in [0.25, 0.3) is 0 Å². The first kappa shape index (κ1) is 23.7. The molecule has 0 radical (unpaired) electrons. The van der Waals surface area contributed by atoms with E-state index in [2.05, 4.69) is 40.4 Å². The van der Waals surface area contributed by atoms with Crippen LogP contribution in [0.3, 0.4) is 0 Å². The average molecular weight is 480 g/mol. The van der Waals surface area contributed by atoms with E-state index in [4.69, 9.17) is 9.47 Å². The summed E-state index contributed by atoms with van der Waals surface area (Å²) in [4.78, 5) is 6.93. The van der Waals surface area contributed by atoms with Gasteiger partial charge < -0.3 is 20.1 Å². The van der Waals surface area contributed by atoms with Gasteiger partial charge in [-0.25, -0.2) is 0 Å². The first-order valence-corrected chi connectivity index (χ1v) is 9.71. The maximum absolute atomic E-state index is 5.50. The Morgan fingerprint density at radius 3 is 2.58 bits per heavy atom. The summed E-state index contributed by atoms with van der Waals surface area (Å²) in [5, 5.41) is 6.96. The lowest BCUT2D eigenvalue weighted by Gasteiger charge is -2.35. The van der Waals surface area contributed by atoms with E-state index in [1.807, 2.05) is 7.05 Å². The number of hydrogen-bond donors (Lipinski definition) is 2. The van der Waals surface area contributed by atoms with Gasteiger partial charge in [0.1, 0.15) is 0 Å². The zero-order valence-corrected chi connectivity index (χ0v) is 19.0. The summed E-state index contributed by atoms with van der Waals surface area (Å²) in [5.74, 6) is 1.58. The molecule has 2 aliphatic rings. The van der Waals surface area contributed by atoms with E-state index >= 15 is 0 Å². The number of nitrogens with one attached hydrogen (secondary N) is 2. The zero-order chi connectivity index (χ0) is 17.9. The fraction of sp³-hybridized carbons (Fsp3) is 0.842. The van der Waals surface area contributed by atoms with Gasteiger partial charge in [0.25, 0.3) is 0 Å². The van der Waals surface area contributed by atoms with Crippen LogP contribution in [0, 0.1) is 5.92 Å². The molecule has 1 fully saturated rings. The third-order valence-corrected chi connectivity index (χ3v) is 4.83. The molecule has 1 unspecified atom stereocenters. The van der Waals surface area contributed by atoms with Crippen LogP contribution in [0.5, 0.6) is 0 Å². The van der Waals surface area contributed by atoms with Gasteiger partial charge in [-0.3, -0.25) is 9.89 Å². The molecule has 0 aromatic carbocycles. The monoisotopic (exact) mass is 480 g/mol. The number of rotatable bonds is 8. The van der Waals surface area contributed by atoms with Gasteiger partial charge in [0.2, 0.25) is 0 Å². The second-order valence-corrected chi connectivity index (χ2v) is 7.25. The minimum Gasteiger partial charge on any atom is -0.379 e. The van der Waals surface area contributed by atoms with Crippen molar-refractivity contribution in [3.63, 3.8) is 0 Å². The lowest BCUT2D eigenvalue weighted by Crippen LogP contribution is -2.51. The molecule has 2 rings (SSSR count). The summed E-state index contributed by atoms with van der Waals surface area (Å²) >= 11 is 0. The van der Waals surface area contributed by atoms with Crippen molar-refractivity contribution in [2.45, 2.75) is 39.2 Å². The van der Waals surface area contributed by atoms with Gasteiger partial charge in [-0.1, -0.05) is 25.5 Å². The molecule has 26 heavy (non-hydrogen) atoms. The van der Waals surface area contributed by atoms with Gasteiger partial charge >= 0.3 is 0 Å². The maximum Gasteiger partial charge on any atom is 0.191 e. The lowest BCUT2D eigenvalue weighted by atomic mass is 10.0. The predicted octanol–water partition coefficient (Wildman–Crippen LogP) is 2.25. The highest BCUT2D eigenvalue weighted by Crippen LogP contribution is 2.13. The van der Waals surface area contributed by atoms with Crippen LogP contribution in [0.1, 0.15) is 33.1 Å². The second kappa shape index (κ2) is 13.7. The van der Waals surface area contributed by atoms with Crippen molar-refractivity contribution < 1.29 is 9.47 Å². The third-order valence-electron chi connectivity index (χ3n) is 4.83. The molecule has 0 amide bonds. The Morgan fingerprint density at radius 2 is 1.96 bits per heavy atom. The van der Waals surface area contributed by atoms with Crippen molar-refractivity contribution in [2.24, 2.45) is 10.9 Å². The maximum atomic E-state index is 5.50. The van der Waals surface area contributed by atoms with Crippen molar-refractivity contribution in [1.29, 1.82) is 0 Å². The molecule has 0 saturated carbocycles. The molecular weight excluding hydrogens is 443 g/mol. The zero-order valence-electron chi connectivity index (χ0n) is 16.6. The topological polar surface area (TPSA) is 58.1 Å². The normalized spacial score (nSPS) is 20.3. The van der Waals surface area contributed by atoms with Gasteiger partial charge in [-0.15, -0.1) is 24.0 Å². The molecule has 6 nitrogen and oxygen atoms in total. The fourth-order valence-corrected chi connectivity index (χ4v) is 3.42. The van der Waals surface area contributed by atoms with Crippen LogP contribution in [0.15, 0.2) is 16.6 Å². The van der Waals surface area contributed by atoms with Crippen LogP contribution >= 0.6 is 24.0 Å². The summed E-state index contributed by atoms with van der Waals surface area (Å²) in [7, 11) is 1.84. The minimum atomic E-state index is 0. The summed E-state index contributed by atoms with van der Waals surface area (Å²) in [6, 6.07) is 0.528. The Labute approximate surface area is 176 Å². The molecule has 0 spiro atoms. The van der Waals surface area contributed by atoms with Crippen molar-refractivity contribution in [3.05, 3.63) is 11.6 Å². The van der Waals surface area contributed by atoms with E-state index in [-0.39, 0.29) is 24.0 Å². The van der Waals surface area contributed by atoms with E-state index in [0.29, 0.717) is 12.0 Å². The largest absolute Gasteiger partial charge is 0.379 e. The quantitative estimate of drug-likeness (QED) is 0.242. The van der Waals surface area contributed by atoms with Crippen molar-refractivity contribution >= 4 is 29.9 Å². The molecule has 2 aliphatic heterocycles. The van der Waals surface area contributed by atoms with Crippen molar-refractivity contribution in [1.82, 2.24) is 15.5 Å². The Morgan fingerprint density at radius 1 is 1.19 bits per heavy atom. The Balaban J connectivity index is 0.00000338. The van der Waals surface area contributed by atoms with E-state index < -0.39 is 0 Å². The number of halogens is 1. The molecule has 152 valence electrons. The van der Waals surface area contributed by atoms with Crippen molar-refractivity contribution in [2.75, 3.05) is 59.7 Å². The Bertz CT molecular complexity index is 437. The third kappa shape index (κ3) is 9.01. The summed E-state index contributed by atoms with van der Waals surface area (Å²) in [6.07, 6.45) is 5.51. The van der Waals surface area contributed by atoms with Crippen molar-refractivity contribution in [3.8, 4) is 0 Å². The van der Waals surface area contributed by atoms with E-state index in [1.165, 1.54) is 12.0 Å². The Kier molecular flexibility index (Phi) is 12.5. The molecular formula is C19H37IN4O2. The summed E-state index contributed by atoms with van der Waals surface area (Å²) in [5.41, 5.74) is 1.49. The van der Waals surface area contributed by atoms with Gasteiger partial charge in [0.15, 0.2) is 5.96 Å². The van der Waals surface area contributed by atoms with Gasteiger partial charge in [0, 0.05) is 39.3 Å². The first-order chi connectivity index (χ1) is 12.2. The van der Waals surface area contributed by atoms with E-state index in [0.717, 1.165) is 71.4 Å². The molecule has 0 aliphatic carbocycles. The lowest BCUT2D eigenvalue weighted by molar-refractivity contribution is 0.0132. The summed E-state index contributed by atoms with van der Waals surface area (Å²) < 4.78 is 10.9. The first-order valence-electron chi connectivity index (χ1n) is 9.71. The molecule has 0 aromatic heterocycles. The van der Waals surface area contributed by atoms with Gasteiger partial charge in [-0.05, 0) is 25.2 Å². The second-order valence-electron chi connectivity index (χ2n) is 7.25. The average Bonchev–Trinajstić information content (AvgIpc) is 2.64. The van der Waals surface area contributed by atoms with Crippen LogP contribution in [0.2, 0.25) is 0 Å². The molecule has 1 atom stereocenters. The highest BCUT2D eigenvalue weighted by molar-refractivity contribution is 14.0. The van der Waals surface area contributed by atoms with Crippen LogP contribution in [-0.2, 0) is 9.47 Å². The molecule has 1 saturated heterocycles. The minimum absolute atomic E-state index is 0. The van der Waals surface area contributed by atoms with E-state index in [1.54, 1.807) is 0 Å². The van der Waals surface area contributed by atoms with Crippen LogP contribution in [0.4, 0.5) is 0 Å². The highest BCUT2D eigenvalue weighted by atomic mass is 127. The van der Waals surface area contributed by atoms with Crippen LogP contribution < -0.4 is 10.6 Å². The number of morpholine rings is 1. The Hall–Kier alpha value is -0.380. The molecule has 7 heteroatoms. The predicted molar refractivity (Wildman–Crippen MR) is 119 cm³/mol. The number of nitrogens with zero attached hydrogens (tertiary/aromatic N) is 2. The molecule has 2 heterocycles. The van der Waals surface area contributed by atoms with Crippen LogP contribution in [-0.4, -0.2) is 76.6 Å². The standard InChI is InChI=1S/C19H36N4O2.HI/c1-16(2)14-18(23-8-12-25-13-9-23)15-22-19(20-3)21-7-4-17-5-10-24-11-6-17;/h5,16,18H,4,6-15H2,1-3H3,(H2,20,21,22);1H. The van der Waals surface area contributed by atoms with E-state index in [9.17, 15) is 0 Å². The molecule has 0 aromatic rings. The summed E-state index contributed by atoms with van der Waals surface area (Å²) in [6.45, 7) is 11.8. The smallest absolute Gasteiger partial charge is 0.191 e. The molecule has 2 N–H and O–H groups in total. The highest BCUT2D eigenvalue weighted by Gasteiger charge is 2.22. The number of ether oxygens (including phenoxy) is 2. The van der Waals surface area contributed by atoms with Gasteiger partial charge in [0.05, 0.1) is 26.4 Å². The number of hydrogen-bond acceptors (Lipinski definition) is 4. The SMILES string of the molecule is CN=C(NCCC1=CCOCC1)NCC(CC(C)C)N1CCOCC1.I.